The van der Waals surface area contributed by atoms with Gasteiger partial charge in [0, 0.05) is 18.4 Å². The Morgan fingerprint density at radius 1 is 1.08 bits per heavy atom. The first-order chi connectivity index (χ1) is 17.4. The molecule has 0 unspecified atom stereocenters. The second kappa shape index (κ2) is 8.98. The van der Waals surface area contributed by atoms with Gasteiger partial charge in [-0.25, -0.2) is 18.7 Å². The third-order valence-electron chi connectivity index (χ3n) is 6.36. The van der Waals surface area contributed by atoms with Gasteiger partial charge in [-0.15, -0.1) is 0 Å². The van der Waals surface area contributed by atoms with Gasteiger partial charge in [0.15, 0.2) is 5.65 Å². The Balaban J connectivity index is 1.66. The quantitative estimate of drug-likeness (QED) is 0.376. The average Bonchev–Trinajstić information content (AvgIpc) is 3.08. The Morgan fingerprint density at radius 2 is 1.86 bits per heavy atom. The van der Waals surface area contributed by atoms with Crippen LogP contribution in [0.4, 0.5) is 29.2 Å². The van der Waals surface area contributed by atoms with E-state index in [1.54, 1.807) is 20.8 Å². The number of nitrogens with one attached hydrogen (secondary N) is 2. The lowest BCUT2D eigenvalue weighted by Gasteiger charge is -2.22. The van der Waals surface area contributed by atoms with E-state index >= 15 is 0 Å². The monoisotopic (exact) mass is 514 g/mol. The number of alkyl halides is 3. The first-order valence-electron chi connectivity index (χ1n) is 11.9. The Kier molecular flexibility index (Phi) is 6.06. The van der Waals surface area contributed by atoms with Gasteiger partial charge in [0.2, 0.25) is 5.95 Å². The van der Waals surface area contributed by atoms with E-state index in [0.717, 1.165) is 29.8 Å². The maximum atomic E-state index is 14.6. The number of nitrogens with zero attached hydrogens (tertiary/aromatic N) is 4. The molecule has 7 nitrogen and oxygen atoms in total. The molecule has 194 valence electrons. The number of anilines is 2. The van der Waals surface area contributed by atoms with Crippen molar-refractivity contribution in [3.05, 3.63) is 75.5 Å². The predicted octanol–water partition coefficient (Wildman–Crippen LogP) is 4.97. The highest BCUT2D eigenvalue weighted by atomic mass is 19.4. The SMILES string of the molecule is CC(C)(C)c1cc(-n2c3nc(Nc4ccc5c(c4)CNCC5)ncc3c(=O)n2CC(F)(F)F)ccc1F. The van der Waals surface area contributed by atoms with Gasteiger partial charge >= 0.3 is 6.18 Å². The highest BCUT2D eigenvalue weighted by Crippen LogP contribution is 2.29. The van der Waals surface area contributed by atoms with Gasteiger partial charge < -0.3 is 10.6 Å². The van der Waals surface area contributed by atoms with Crippen LogP contribution in [-0.4, -0.2) is 32.1 Å². The van der Waals surface area contributed by atoms with Crippen molar-refractivity contribution in [2.24, 2.45) is 0 Å². The Bertz CT molecular complexity index is 1550. The standard InChI is InChI=1S/C26H26F4N6O/c1-25(2,3)20-11-18(6-7-21(20)27)36-22-19(23(37)35(36)14-26(28,29)30)13-32-24(34-22)33-17-5-4-15-8-9-31-12-16(15)10-17/h4-7,10-11,13,31H,8-9,12,14H2,1-3H3,(H,32,33,34). The van der Waals surface area contributed by atoms with Crippen molar-refractivity contribution in [1.82, 2.24) is 24.6 Å². The fraction of sp³-hybridized carbons (Fsp3) is 0.346. The van der Waals surface area contributed by atoms with Crippen LogP contribution in [0.25, 0.3) is 16.7 Å². The van der Waals surface area contributed by atoms with Crippen LogP contribution in [0.2, 0.25) is 0 Å². The number of rotatable bonds is 4. The van der Waals surface area contributed by atoms with Gasteiger partial charge in [-0.1, -0.05) is 26.8 Å². The molecule has 11 heteroatoms. The summed E-state index contributed by atoms with van der Waals surface area (Å²) in [6.07, 6.45) is -2.54. The summed E-state index contributed by atoms with van der Waals surface area (Å²) < 4.78 is 56.7. The molecule has 4 aromatic rings. The lowest BCUT2D eigenvalue weighted by atomic mass is 9.86. The second-order valence-electron chi connectivity index (χ2n) is 10.2. The van der Waals surface area contributed by atoms with Crippen molar-refractivity contribution >= 4 is 22.7 Å². The van der Waals surface area contributed by atoms with Crippen molar-refractivity contribution < 1.29 is 17.6 Å². The minimum Gasteiger partial charge on any atom is -0.324 e. The van der Waals surface area contributed by atoms with E-state index in [9.17, 15) is 22.4 Å². The minimum atomic E-state index is -4.67. The number of benzene rings is 2. The minimum absolute atomic E-state index is 0.0159. The second-order valence-corrected chi connectivity index (χ2v) is 10.2. The zero-order chi connectivity index (χ0) is 26.5. The van der Waals surface area contributed by atoms with Crippen molar-refractivity contribution in [3.8, 4) is 5.69 Å². The number of hydrogen-bond acceptors (Lipinski definition) is 5. The van der Waals surface area contributed by atoms with Gasteiger partial charge in [-0.3, -0.25) is 4.79 Å². The largest absolute Gasteiger partial charge is 0.408 e. The molecule has 0 amide bonds. The third kappa shape index (κ3) is 4.95. The Hall–Kier alpha value is -3.73. The van der Waals surface area contributed by atoms with E-state index < -0.39 is 29.5 Å². The summed E-state index contributed by atoms with van der Waals surface area (Å²) in [5.74, 6) is -0.372. The number of aromatic nitrogens is 4. The van der Waals surface area contributed by atoms with E-state index in [4.69, 9.17) is 0 Å². The van der Waals surface area contributed by atoms with Crippen LogP contribution in [0, 0.1) is 5.82 Å². The van der Waals surface area contributed by atoms with Crippen LogP contribution in [-0.2, 0) is 24.9 Å². The molecule has 0 aliphatic carbocycles. The maximum absolute atomic E-state index is 14.6. The molecule has 0 fully saturated rings. The van der Waals surface area contributed by atoms with E-state index in [2.05, 4.69) is 20.6 Å². The summed E-state index contributed by atoms with van der Waals surface area (Å²) in [6, 6.07) is 9.83. The molecule has 5 rings (SSSR count). The van der Waals surface area contributed by atoms with Gasteiger partial charge in [-0.05, 0) is 65.4 Å². The molecule has 0 spiro atoms. The molecule has 2 aromatic carbocycles. The molecule has 1 aliphatic heterocycles. The fourth-order valence-electron chi connectivity index (χ4n) is 4.57. The van der Waals surface area contributed by atoms with Gasteiger partial charge in [0.1, 0.15) is 17.7 Å². The van der Waals surface area contributed by atoms with E-state index in [1.165, 1.54) is 30.0 Å². The predicted molar refractivity (Wildman–Crippen MR) is 133 cm³/mol. The zero-order valence-corrected chi connectivity index (χ0v) is 20.6. The number of halogens is 4. The van der Waals surface area contributed by atoms with Crippen LogP contribution in [0.1, 0.15) is 37.5 Å². The van der Waals surface area contributed by atoms with Crippen LogP contribution < -0.4 is 16.2 Å². The highest BCUT2D eigenvalue weighted by Gasteiger charge is 2.32. The molecule has 0 saturated carbocycles. The molecule has 37 heavy (non-hydrogen) atoms. The van der Waals surface area contributed by atoms with Crippen molar-refractivity contribution in [2.75, 3.05) is 11.9 Å². The third-order valence-corrected chi connectivity index (χ3v) is 6.36. The molecule has 0 radical (unpaired) electrons. The van der Waals surface area contributed by atoms with E-state index in [-0.39, 0.29) is 22.7 Å². The summed E-state index contributed by atoms with van der Waals surface area (Å²) in [6.45, 7) is 5.49. The van der Waals surface area contributed by atoms with Crippen LogP contribution in [0.3, 0.4) is 0 Å². The molecular weight excluding hydrogens is 488 g/mol. The molecule has 0 bridgehead atoms. The zero-order valence-electron chi connectivity index (χ0n) is 20.6. The molecule has 0 atom stereocenters. The first kappa shape index (κ1) is 24.9. The van der Waals surface area contributed by atoms with Crippen LogP contribution in [0.15, 0.2) is 47.4 Å². The Morgan fingerprint density at radius 3 is 2.59 bits per heavy atom. The molecule has 0 saturated heterocycles. The number of fused-ring (bicyclic) bond motifs is 2. The smallest absolute Gasteiger partial charge is 0.324 e. The van der Waals surface area contributed by atoms with Crippen molar-refractivity contribution in [2.45, 2.75) is 51.9 Å². The number of hydrogen-bond donors (Lipinski definition) is 2. The van der Waals surface area contributed by atoms with Gasteiger partial charge in [0.25, 0.3) is 5.56 Å². The van der Waals surface area contributed by atoms with Crippen molar-refractivity contribution in [3.63, 3.8) is 0 Å². The summed E-state index contributed by atoms with van der Waals surface area (Å²) in [5, 5.41) is 6.32. The Labute approximate surface area is 210 Å². The molecule has 3 heterocycles. The highest BCUT2D eigenvalue weighted by molar-refractivity contribution is 5.77. The molecular formula is C26H26F4N6O. The normalized spacial score (nSPS) is 14.1. The van der Waals surface area contributed by atoms with Gasteiger partial charge in [-0.2, -0.15) is 18.2 Å². The molecule has 1 aliphatic rings. The molecule has 2 aromatic heterocycles. The summed E-state index contributed by atoms with van der Waals surface area (Å²) >= 11 is 0. The first-order valence-corrected chi connectivity index (χ1v) is 11.9. The molecule has 2 N–H and O–H groups in total. The summed E-state index contributed by atoms with van der Waals surface area (Å²) in [4.78, 5) is 21.7. The van der Waals surface area contributed by atoms with Crippen molar-refractivity contribution in [1.29, 1.82) is 0 Å². The maximum Gasteiger partial charge on any atom is 0.408 e. The average molecular weight is 515 g/mol. The van der Waals surface area contributed by atoms with Crippen LogP contribution in [0.5, 0.6) is 0 Å². The van der Waals surface area contributed by atoms with E-state index in [1.807, 2.05) is 18.2 Å². The summed E-state index contributed by atoms with van der Waals surface area (Å²) in [5.41, 5.74) is 2.04. The van der Waals surface area contributed by atoms with Gasteiger partial charge in [0.05, 0.1) is 5.69 Å². The lowest BCUT2D eigenvalue weighted by molar-refractivity contribution is -0.144. The lowest BCUT2D eigenvalue weighted by Crippen LogP contribution is -2.30. The fourth-order valence-corrected chi connectivity index (χ4v) is 4.57. The van der Waals surface area contributed by atoms with E-state index in [0.29, 0.717) is 15.9 Å². The topological polar surface area (TPSA) is 76.8 Å². The summed E-state index contributed by atoms with van der Waals surface area (Å²) in [7, 11) is 0. The van der Waals surface area contributed by atoms with Crippen LogP contribution >= 0.6 is 0 Å².